The second-order valence-electron chi connectivity index (χ2n) is 6.14. The monoisotopic (exact) mass is 416 g/mol. The van der Waals surface area contributed by atoms with Crippen molar-refractivity contribution in [2.45, 2.75) is 6.42 Å². The maximum atomic E-state index is 6.35. The highest BCUT2D eigenvalue weighted by Gasteiger charge is 2.12. The third-order valence-electron chi connectivity index (χ3n) is 4.09. The van der Waals surface area contributed by atoms with Crippen molar-refractivity contribution >= 4 is 39.9 Å². The lowest BCUT2D eigenvalue weighted by Crippen LogP contribution is -2.23. The lowest BCUT2D eigenvalue weighted by molar-refractivity contribution is 0.736. The molecule has 1 aromatic heterocycles. The fraction of sp³-hybridized carbons (Fsp3) is 0.200. The molecule has 28 heavy (non-hydrogen) atoms. The third-order valence-corrected chi connectivity index (χ3v) is 4.64. The standard InChI is InChI=1S/C20H22Cl2N6/c21-13-6-7-14(16(22)12-13)20-27-17-5-2-1-4-15(17)19(28-20)26-11-3-10-25-18(24)8-9-23/h1-2,4-8,12,25H,3,9-11,23-24H2,(H,26,27,28)/b18-8+. The molecule has 0 spiro atoms. The van der Waals surface area contributed by atoms with Gasteiger partial charge >= 0.3 is 0 Å². The molecular formula is C20H22Cl2N6. The Bertz CT molecular complexity index is 990. The van der Waals surface area contributed by atoms with Crippen molar-refractivity contribution < 1.29 is 0 Å². The van der Waals surface area contributed by atoms with E-state index in [1.54, 1.807) is 18.2 Å². The Morgan fingerprint density at radius 3 is 2.68 bits per heavy atom. The van der Waals surface area contributed by atoms with Gasteiger partial charge in [0.1, 0.15) is 5.82 Å². The van der Waals surface area contributed by atoms with E-state index in [1.807, 2.05) is 30.3 Å². The first-order chi connectivity index (χ1) is 13.6. The summed E-state index contributed by atoms with van der Waals surface area (Å²) in [6.45, 7) is 1.87. The Hall–Kier alpha value is -2.54. The summed E-state index contributed by atoms with van der Waals surface area (Å²) in [6.07, 6.45) is 2.60. The van der Waals surface area contributed by atoms with Crippen molar-refractivity contribution in [3.05, 3.63) is 64.4 Å². The summed E-state index contributed by atoms with van der Waals surface area (Å²) >= 11 is 12.4. The number of hydrogen-bond acceptors (Lipinski definition) is 6. The predicted octanol–water partition coefficient (Wildman–Crippen LogP) is 3.75. The number of anilines is 1. The van der Waals surface area contributed by atoms with Gasteiger partial charge in [-0.2, -0.15) is 0 Å². The van der Waals surface area contributed by atoms with E-state index in [2.05, 4.69) is 15.6 Å². The molecule has 8 heteroatoms. The van der Waals surface area contributed by atoms with Crippen LogP contribution >= 0.6 is 23.2 Å². The SMILES string of the molecule is NC/C=C(\N)NCCCNc1nc(-c2ccc(Cl)cc2Cl)nc2ccccc12. The van der Waals surface area contributed by atoms with Gasteiger partial charge in [-0.25, -0.2) is 9.97 Å². The molecule has 0 aliphatic heterocycles. The molecule has 0 fully saturated rings. The second-order valence-corrected chi connectivity index (χ2v) is 6.98. The van der Waals surface area contributed by atoms with Crippen LogP contribution in [0, 0.1) is 0 Å². The average molecular weight is 417 g/mol. The van der Waals surface area contributed by atoms with Gasteiger partial charge in [0.05, 0.1) is 16.4 Å². The Balaban J connectivity index is 1.80. The number of aromatic nitrogens is 2. The zero-order valence-electron chi connectivity index (χ0n) is 15.3. The molecule has 0 saturated heterocycles. The van der Waals surface area contributed by atoms with Gasteiger partial charge in [0.15, 0.2) is 5.82 Å². The first-order valence-electron chi connectivity index (χ1n) is 8.94. The van der Waals surface area contributed by atoms with Gasteiger partial charge in [0.25, 0.3) is 0 Å². The Labute approximate surface area is 173 Å². The van der Waals surface area contributed by atoms with Gasteiger partial charge in [0.2, 0.25) is 0 Å². The summed E-state index contributed by atoms with van der Waals surface area (Å²) in [5, 5.41) is 8.54. The molecule has 6 nitrogen and oxygen atoms in total. The van der Waals surface area contributed by atoms with Crippen molar-refractivity contribution in [1.82, 2.24) is 15.3 Å². The zero-order valence-corrected chi connectivity index (χ0v) is 16.8. The van der Waals surface area contributed by atoms with Crippen LogP contribution < -0.4 is 22.1 Å². The third kappa shape index (κ3) is 5.04. The number of nitrogens with one attached hydrogen (secondary N) is 2. The zero-order chi connectivity index (χ0) is 19.9. The van der Waals surface area contributed by atoms with Gasteiger partial charge in [-0.3, -0.25) is 0 Å². The van der Waals surface area contributed by atoms with E-state index >= 15 is 0 Å². The Morgan fingerprint density at radius 2 is 1.89 bits per heavy atom. The van der Waals surface area contributed by atoms with E-state index in [4.69, 9.17) is 39.7 Å². The maximum absolute atomic E-state index is 6.35. The fourth-order valence-corrected chi connectivity index (χ4v) is 3.22. The fourth-order valence-electron chi connectivity index (χ4n) is 2.73. The Morgan fingerprint density at radius 1 is 1.07 bits per heavy atom. The lowest BCUT2D eigenvalue weighted by atomic mass is 10.1. The normalized spacial score (nSPS) is 11.6. The number of fused-ring (bicyclic) bond motifs is 1. The van der Waals surface area contributed by atoms with E-state index in [1.165, 1.54) is 0 Å². The van der Waals surface area contributed by atoms with Gasteiger partial charge in [-0.05, 0) is 42.8 Å². The van der Waals surface area contributed by atoms with Crippen molar-refractivity contribution in [2.75, 3.05) is 25.0 Å². The summed E-state index contributed by atoms with van der Waals surface area (Å²) in [4.78, 5) is 9.36. The van der Waals surface area contributed by atoms with Gasteiger partial charge in [-0.1, -0.05) is 35.3 Å². The molecular weight excluding hydrogens is 395 g/mol. The largest absolute Gasteiger partial charge is 0.386 e. The quantitative estimate of drug-likeness (QED) is 0.417. The predicted molar refractivity (Wildman–Crippen MR) is 117 cm³/mol. The summed E-state index contributed by atoms with van der Waals surface area (Å²) in [6, 6.07) is 13.2. The molecule has 3 aromatic rings. The minimum atomic E-state index is 0.417. The highest BCUT2D eigenvalue weighted by molar-refractivity contribution is 6.36. The molecule has 0 atom stereocenters. The summed E-state index contributed by atoms with van der Waals surface area (Å²) in [5.74, 6) is 1.91. The van der Waals surface area contributed by atoms with Crippen LogP contribution in [-0.2, 0) is 0 Å². The van der Waals surface area contributed by atoms with E-state index < -0.39 is 0 Å². The number of para-hydroxylation sites is 1. The number of halogens is 2. The molecule has 0 radical (unpaired) electrons. The second kappa shape index (κ2) is 9.59. The maximum Gasteiger partial charge on any atom is 0.163 e. The van der Waals surface area contributed by atoms with Crippen molar-refractivity contribution in [1.29, 1.82) is 0 Å². The van der Waals surface area contributed by atoms with Crippen LogP contribution in [0.5, 0.6) is 0 Å². The molecule has 3 rings (SSSR count). The number of rotatable bonds is 8. The topological polar surface area (TPSA) is 102 Å². The van der Waals surface area contributed by atoms with Crippen molar-refractivity contribution in [3.8, 4) is 11.4 Å². The first-order valence-corrected chi connectivity index (χ1v) is 9.69. The van der Waals surface area contributed by atoms with Crippen molar-refractivity contribution in [2.24, 2.45) is 11.5 Å². The van der Waals surface area contributed by atoms with E-state index in [9.17, 15) is 0 Å². The smallest absolute Gasteiger partial charge is 0.163 e. The van der Waals surface area contributed by atoms with Crippen LogP contribution in [0.4, 0.5) is 5.82 Å². The average Bonchev–Trinajstić information content (AvgIpc) is 2.67. The van der Waals surface area contributed by atoms with E-state index in [-0.39, 0.29) is 0 Å². The van der Waals surface area contributed by atoms with E-state index in [0.717, 1.165) is 41.8 Å². The van der Waals surface area contributed by atoms with Crippen LogP contribution in [-0.4, -0.2) is 29.6 Å². The number of nitrogens with zero attached hydrogens (tertiary/aromatic N) is 2. The minimum absolute atomic E-state index is 0.417. The molecule has 6 N–H and O–H groups in total. The van der Waals surface area contributed by atoms with Crippen LogP contribution in [0.25, 0.3) is 22.3 Å². The molecule has 146 valence electrons. The van der Waals surface area contributed by atoms with Crippen LogP contribution in [0.3, 0.4) is 0 Å². The van der Waals surface area contributed by atoms with Crippen LogP contribution in [0.2, 0.25) is 10.0 Å². The summed E-state index contributed by atoms with van der Waals surface area (Å²) < 4.78 is 0. The molecule has 0 aliphatic carbocycles. The van der Waals surface area contributed by atoms with Crippen molar-refractivity contribution in [3.63, 3.8) is 0 Å². The molecule has 1 heterocycles. The van der Waals surface area contributed by atoms with E-state index in [0.29, 0.717) is 28.2 Å². The Kier molecular flexibility index (Phi) is 6.92. The van der Waals surface area contributed by atoms with Gasteiger partial charge in [0, 0.05) is 35.6 Å². The highest BCUT2D eigenvalue weighted by atomic mass is 35.5. The van der Waals surface area contributed by atoms with Crippen LogP contribution in [0.15, 0.2) is 54.4 Å². The molecule has 0 amide bonds. The number of hydrogen-bond donors (Lipinski definition) is 4. The minimum Gasteiger partial charge on any atom is -0.386 e. The van der Waals surface area contributed by atoms with Crippen LogP contribution in [0.1, 0.15) is 6.42 Å². The molecule has 0 unspecified atom stereocenters. The molecule has 2 aromatic carbocycles. The van der Waals surface area contributed by atoms with Gasteiger partial charge in [-0.15, -0.1) is 0 Å². The lowest BCUT2D eigenvalue weighted by Gasteiger charge is -2.12. The molecule has 0 bridgehead atoms. The first kappa shape index (κ1) is 20.2. The number of benzene rings is 2. The van der Waals surface area contributed by atoms with Gasteiger partial charge < -0.3 is 22.1 Å². The molecule has 0 aliphatic rings. The highest BCUT2D eigenvalue weighted by Crippen LogP contribution is 2.31. The summed E-state index contributed by atoms with van der Waals surface area (Å²) in [7, 11) is 0. The number of nitrogens with two attached hydrogens (primary N) is 2. The summed E-state index contributed by atoms with van der Waals surface area (Å²) in [5.41, 5.74) is 12.8. The molecule has 0 saturated carbocycles.